The molecule has 7 nitrogen and oxygen atoms in total. The second kappa shape index (κ2) is 7.33. The Kier molecular flexibility index (Phi) is 5.42. The van der Waals surface area contributed by atoms with Gasteiger partial charge < -0.3 is 14.8 Å². The molecular weight excluding hydrogens is 332 g/mol. The van der Waals surface area contributed by atoms with E-state index < -0.39 is 15.9 Å². The average molecular weight is 350 g/mol. The standard InChI is InChI=1S/C16H18N2O5S/c1-3-23-12-6-4-11(5-7-12)18-16(19)14-10-13(24(17,20)21)8-9-15(14)22-2/h4-10H,3H2,1-2H3,(H,18,19)(H2,17,20,21). The molecule has 0 saturated carbocycles. The van der Waals surface area contributed by atoms with Crippen molar-refractivity contribution in [2.45, 2.75) is 11.8 Å². The number of rotatable bonds is 6. The van der Waals surface area contributed by atoms with Crippen LogP contribution < -0.4 is 19.9 Å². The first-order valence-corrected chi connectivity index (χ1v) is 8.65. The van der Waals surface area contributed by atoms with Gasteiger partial charge in [-0.1, -0.05) is 0 Å². The van der Waals surface area contributed by atoms with Crippen LogP contribution in [0.1, 0.15) is 17.3 Å². The van der Waals surface area contributed by atoms with E-state index in [1.54, 1.807) is 24.3 Å². The molecule has 2 rings (SSSR count). The lowest BCUT2D eigenvalue weighted by Gasteiger charge is -2.11. The van der Waals surface area contributed by atoms with Gasteiger partial charge in [0.2, 0.25) is 10.0 Å². The molecule has 3 N–H and O–H groups in total. The summed E-state index contributed by atoms with van der Waals surface area (Å²) in [7, 11) is -2.53. The third kappa shape index (κ3) is 4.24. The maximum Gasteiger partial charge on any atom is 0.259 e. The molecule has 0 atom stereocenters. The number of methoxy groups -OCH3 is 1. The van der Waals surface area contributed by atoms with E-state index in [1.807, 2.05) is 6.92 Å². The lowest BCUT2D eigenvalue weighted by molar-refractivity contribution is 0.102. The molecule has 0 radical (unpaired) electrons. The summed E-state index contributed by atoms with van der Waals surface area (Å²) in [5.74, 6) is 0.414. The third-order valence-corrected chi connectivity index (χ3v) is 4.08. The van der Waals surface area contributed by atoms with Crippen LogP contribution in [0.25, 0.3) is 0 Å². The zero-order valence-corrected chi connectivity index (χ0v) is 14.1. The molecule has 1 amide bonds. The number of carbonyl (C=O) groups is 1. The van der Waals surface area contributed by atoms with E-state index in [9.17, 15) is 13.2 Å². The monoisotopic (exact) mass is 350 g/mol. The number of anilines is 1. The lowest BCUT2D eigenvalue weighted by Crippen LogP contribution is -2.16. The van der Waals surface area contributed by atoms with Gasteiger partial charge in [-0.3, -0.25) is 4.79 Å². The van der Waals surface area contributed by atoms with Gasteiger partial charge in [-0.2, -0.15) is 0 Å². The van der Waals surface area contributed by atoms with Gasteiger partial charge in [0.1, 0.15) is 11.5 Å². The summed E-state index contributed by atoms with van der Waals surface area (Å²) >= 11 is 0. The van der Waals surface area contributed by atoms with Crippen LogP contribution in [-0.4, -0.2) is 28.0 Å². The Hall–Kier alpha value is -2.58. The number of carbonyl (C=O) groups excluding carboxylic acids is 1. The average Bonchev–Trinajstić information content (AvgIpc) is 2.55. The van der Waals surface area contributed by atoms with Gasteiger partial charge in [0.05, 0.1) is 24.2 Å². The number of nitrogens with one attached hydrogen (secondary N) is 1. The molecule has 2 aromatic rings. The summed E-state index contributed by atoms with van der Waals surface area (Å²) in [6.07, 6.45) is 0. The molecule has 0 saturated heterocycles. The van der Waals surface area contributed by atoms with E-state index in [1.165, 1.54) is 25.3 Å². The Morgan fingerprint density at radius 3 is 2.38 bits per heavy atom. The van der Waals surface area contributed by atoms with Gasteiger partial charge >= 0.3 is 0 Å². The smallest absolute Gasteiger partial charge is 0.259 e. The van der Waals surface area contributed by atoms with E-state index >= 15 is 0 Å². The van der Waals surface area contributed by atoms with Gasteiger partial charge in [-0.05, 0) is 49.4 Å². The summed E-state index contributed by atoms with van der Waals surface area (Å²) in [5.41, 5.74) is 0.601. The zero-order chi connectivity index (χ0) is 17.7. The van der Waals surface area contributed by atoms with Crippen molar-refractivity contribution >= 4 is 21.6 Å². The maximum absolute atomic E-state index is 12.4. The predicted molar refractivity (Wildman–Crippen MR) is 89.9 cm³/mol. The topological polar surface area (TPSA) is 108 Å². The van der Waals surface area contributed by atoms with Crippen LogP contribution in [0.4, 0.5) is 5.69 Å². The molecule has 0 aliphatic heterocycles. The minimum Gasteiger partial charge on any atom is -0.496 e. The number of hydrogen-bond acceptors (Lipinski definition) is 5. The highest BCUT2D eigenvalue weighted by atomic mass is 32.2. The second-order valence-electron chi connectivity index (χ2n) is 4.82. The summed E-state index contributed by atoms with van der Waals surface area (Å²) in [4.78, 5) is 12.3. The van der Waals surface area contributed by atoms with Crippen molar-refractivity contribution in [2.75, 3.05) is 19.0 Å². The molecule has 0 aromatic heterocycles. The van der Waals surface area contributed by atoms with Crippen LogP contribution in [0.15, 0.2) is 47.4 Å². The number of sulfonamides is 1. The van der Waals surface area contributed by atoms with E-state index in [-0.39, 0.29) is 16.2 Å². The van der Waals surface area contributed by atoms with Gasteiger partial charge in [0, 0.05) is 5.69 Å². The van der Waals surface area contributed by atoms with Gasteiger partial charge in [-0.25, -0.2) is 13.6 Å². The quantitative estimate of drug-likeness (QED) is 0.828. The number of nitrogens with two attached hydrogens (primary N) is 1. The van der Waals surface area contributed by atoms with E-state index in [4.69, 9.17) is 14.6 Å². The summed E-state index contributed by atoms with van der Waals surface area (Å²) in [6.45, 7) is 2.42. The minimum atomic E-state index is -3.92. The number of ether oxygens (including phenoxy) is 2. The number of amides is 1. The Labute approximate surface area is 140 Å². The molecule has 0 unspecified atom stereocenters. The fourth-order valence-corrected chi connectivity index (χ4v) is 2.58. The normalized spacial score (nSPS) is 11.0. The Morgan fingerprint density at radius 2 is 1.83 bits per heavy atom. The molecule has 0 fully saturated rings. The maximum atomic E-state index is 12.4. The van der Waals surface area contributed by atoms with Crippen molar-refractivity contribution in [3.63, 3.8) is 0 Å². The third-order valence-electron chi connectivity index (χ3n) is 3.17. The van der Waals surface area contributed by atoms with Crippen LogP contribution in [0.5, 0.6) is 11.5 Å². The highest BCUT2D eigenvalue weighted by Crippen LogP contribution is 2.24. The van der Waals surface area contributed by atoms with E-state index in [2.05, 4.69) is 5.32 Å². The van der Waals surface area contributed by atoms with Crippen LogP contribution in [0, 0.1) is 0 Å². The molecular formula is C16H18N2O5S. The highest BCUT2D eigenvalue weighted by Gasteiger charge is 2.17. The highest BCUT2D eigenvalue weighted by molar-refractivity contribution is 7.89. The Bertz CT molecular complexity index is 832. The molecule has 0 heterocycles. The number of primary sulfonamides is 1. The first-order valence-electron chi connectivity index (χ1n) is 7.10. The van der Waals surface area contributed by atoms with Gasteiger partial charge in [-0.15, -0.1) is 0 Å². The molecule has 0 aliphatic carbocycles. The molecule has 0 bridgehead atoms. The molecule has 0 spiro atoms. The van der Waals surface area contributed by atoms with Crippen LogP contribution >= 0.6 is 0 Å². The molecule has 2 aromatic carbocycles. The van der Waals surface area contributed by atoms with Crippen LogP contribution in [0.2, 0.25) is 0 Å². The molecule has 128 valence electrons. The predicted octanol–water partition coefficient (Wildman–Crippen LogP) is 1.99. The van der Waals surface area contributed by atoms with Crippen LogP contribution in [0.3, 0.4) is 0 Å². The van der Waals surface area contributed by atoms with E-state index in [0.29, 0.717) is 18.0 Å². The first-order chi connectivity index (χ1) is 11.3. The Morgan fingerprint density at radius 1 is 1.17 bits per heavy atom. The number of hydrogen-bond donors (Lipinski definition) is 2. The zero-order valence-electron chi connectivity index (χ0n) is 13.3. The lowest BCUT2D eigenvalue weighted by atomic mass is 10.2. The first kappa shape index (κ1) is 17.8. The summed E-state index contributed by atoms with van der Waals surface area (Å²) in [6, 6.07) is 10.6. The second-order valence-corrected chi connectivity index (χ2v) is 6.38. The van der Waals surface area contributed by atoms with Gasteiger partial charge in [0.25, 0.3) is 5.91 Å². The molecule has 24 heavy (non-hydrogen) atoms. The van der Waals surface area contributed by atoms with Crippen molar-refractivity contribution in [1.29, 1.82) is 0 Å². The van der Waals surface area contributed by atoms with Crippen molar-refractivity contribution in [2.24, 2.45) is 5.14 Å². The van der Waals surface area contributed by atoms with Gasteiger partial charge in [0.15, 0.2) is 0 Å². The largest absolute Gasteiger partial charge is 0.496 e. The molecule has 0 aliphatic rings. The van der Waals surface area contributed by atoms with Crippen molar-refractivity contribution in [3.8, 4) is 11.5 Å². The molecule has 8 heteroatoms. The Balaban J connectivity index is 2.28. The number of benzene rings is 2. The summed E-state index contributed by atoms with van der Waals surface area (Å²) in [5, 5.41) is 7.77. The van der Waals surface area contributed by atoms with Crippen molar-refractivity contribution < 1.29 is 22.7 Å². The SMILES string of the molecule is CCOc1ccc(NC(=O)c2cc(S(N)(=O)=O)ccc2OC)cc1. The van der Waals surface area contributed by atoms with Crippen molar-refractivity contribution in [3.05, 3.63) is 48.0 Å². The fraction of sp³-hybridized carbons (Fsp3) is 0.188. The minimum absolute atomic E-state index is 0.0675. The van der Waals surface area contributed by atoms with Crippen molar-refractivity contribution in [1.82, 2.24) is 0 Å². The van der Waals surface area contributed by atoms with Crippen LogP contribution in [-0.2, 0) is 10.0 Å². The summed E-state index contributed by atoms with van der Waals surface area (Å²) < 4.78 is 33.3. The van der Waals surface area contributed by atoms with E-state index in [0.717, 1.165) is 0 Å². The fourth-order valence-electron chi connectivity index (χ4n) is 2.04.